The summed E-state index contributed by atoms with van der Waals surface area (Å²) in [7, 11) is 1.26. The van der Waals surface area contributed by atoms with Gasteiger partial charge >= 0.3 is 5.97 Å². The Hall–Kier alpha value is -2.19. The van der Waals surface area contributed by atoms with Crippen molar-refractivity contribution in [1.82, 2.24) is 10.6 Å². The Bertz CT molecular complexity index is 705. The second-order valence-electron chi connectivity index (χ2n) is 4.53. The number of methoxy groups -OCH3 is 1. The standard InChI is InChI=1S/C13H12ClN3O4S/c1-6-10(12(18)21-2)11(16-13(22)15-6)7-3-4-8(14)9(5-7)17(19)20/h3-5,11H,1-2H3,(H2,15,16,22)/t11-/m1/s1. The lowest BCUT2D eigenvalue weighted by Crippen LogP contribution is -2.45. The first-order valence-corrected chi connectivity index (χ1v) is 6.94. The molecule has 0 saturated heterocycles. The van der Waals surface area contributed by atoms with E-state index in [9.17, 15) is 14.9 Å². The van der Waals surface area contributed by atoms with Gasteiger partial charge in [0.2, 0.25) is 0 Å². The molecule has 1 heterocycles. The van der Waals surface area contributed by atoms with Crippen LogP contribution in [0.4, 0.5) is 5.69 Å². The van der Waals surface area contributed by atoms with Crippen LogP contribution < -0.4 is 10.6 Å². The van der Waals surface area contributed by atoms with Crippen molar-refractivity contribution < 1.29 is 14.5 Å². The topological polar surface area (TPSA) is 93.5 Å². The maximum absolute atomic E-state index is 12.0. The van der Waals surface area contributed by atoms with Gasteiger partial charge in [0.05, 0.1) is 23.6 Å². The Balaban J connectivity index is 2.55. The van der Waals surface area contributed by atoms with Crippen molar-refractivity contribution in [3.05, 3.63) is 50.2 Å². The van der Waals surface area contributed by atoms with E-state index in [-0.39, 0.29) is 10.7 Å². The van der Waals surface area contributed by atoms with Crippen LogP contribution in [0, 0.1) is 10.1 Å². The minimum Gasteiger partial charge on any atom is -0.466 e. The van der Waals surface area contributed by atoms with Gasteiger partial charge in [0.15, 0.2) is 5.11 Å². The number of carbonyl (C=O) groups excluding carboxylic acids is 1. The van der Waals surface area contributed by atoms with Gasteiger partial charge < -0.3 is 15.4 Å². The van der Waals surface area contributed by atoms with Crippen molar-refractivity contribution in [2.75, 3.05) is 7.11 Å². The van der Waals surface area contributed by atoms with Gasteiger partial charge in [0.25, 0.3) is 5.69 Å². The van der Waals surface area contributed by atoms with Crippen LogP contribution in [-0.4, -0.2) is 23.1 Å². The zero-order chi connectivity index (χ0) is 16.4. The Morgan fingerprint density at radius 2 is 2.18 bits per heavy atom. The number of thiocarbonyl (C=S) groups is 1. The van der Waals surface area contributed by atoms with Gasteiger partial charge in [0.1, 0.15) is 5.02 Å². The van der Waals surface area contributed by atoms with Crippen molar-refractivity contribution in [2.24, 2.45) is 0 Å². The predicted octanol–water partition coefficient (Wildman–Crippen LogP) is 2.21. The van der Waals surface area contributed by atoms with Gasteiger partial charge in [0, 0.05) is 11.8 Å². The molecule has 0 spiro atoms. The number of nitro benzene ring substituents is 1. The van der Waals surface area contributed by atoms with E-state index in [2.05, 4.69) is 10.6 Å². The van der Waals surface area contributed by atoms with Crippen molar-refractivity contribution in [3.8, 4) is 0 Å². The van der Waals surface area contributed by atoms with E-state index in [4.69, 9.17) is 28.6 Å². The highest BCUT2D eigenvalue weighted by molar-refractivity contribution is 7.80. The monoisotopic (exact) mass is 341 g/mol. The second-order valence-corrected chi connectivity index (χ2v) is 5.35. The number of allylic oxidation sites excluding steroid dienone is 1. The molecule has 1 aromatic carbocycles. The summed E-state index contributed by atoms with van der Waals surface area (Å²) in [6.45, 7) is 1.68. The maximum Gasteiger partial charge on any atom is 0.337 e. The Morgan fingerprint density at radius 3 is 2.77 bits per heavy atom. The van der Waals surface area contributed by atoms with Gasteiger partial charge in [-0.15, -0.1) is 0 Å². The molecule has 0 aliphatic carbocycles. The maximum atomic E-state index is 12.0. The third-order valence-corrected chi connectivity index (χ3v) is 3.71. The van der Waals surface area contributed by atoms with E-state index in [0.29, 0.717) is 21.9 Å². The van der Waals surface area contributed by atoms with Crippen molar-refractivity contribution >= 4 is 40.6 Å². The van der Waals surface area contributed by atoms with E-state index < -0.39 is 16.9 Å². The normalized spacial score (nSPS) is 17.6. The van der Waals surface area contributed by atoms with Crippen molar-refractivity contribution in [1.29, 1.82) is 0 Å². The van der Waals surface area contributed by atoms with E-state index >= 15 is 0 Å². The van der Waals surface area contributed by atoms with Gasteiger partial charge in [-0.25, -0.2) is 4.79 Å². The lowest BCUT2D eigenvalue weighted by molar-refractivity contribution is -0.384. The number of ether oxygens (including phenoxy) is 1. The highest BCUT2D eigenvalue weighted by Gasteiger charge is 2.31. The molecule has 0 radical (unpaired) electrons. The van der Waals surface area contributed by atoms with Gasteiger partial charge in [-0.1, -0.05) is 17.7 Å². The number of halogens is 1. The highest BCUT2D eigenvalue weighted by Crippen LogP contribution is 2.32. The summed E-state index contributed by atoms with van der Waals surface area (Å²) in [6.07, 6.45) is 0. The molecule has 0 aromatic heterocycles. The van der Waals surface area contributed by atoms with Crippen molar-refractivity contribution in [2.45, 2.75) is 13.0 Å². The summed E-state index contributed by atoms with van der Waals surface area (Å²) in [4.78, 5) is 22.4. The number of hydrogen-bond donors (Lipinski definition) is 2. The minimum atomic E-state index is -0.655. The number of carbonyl (C=O) groups is 1. The summed E-state index contributed by atoms with van der Waals surface area (Å²) in [6, 6.07) is 3.66. The van der Waals surface area contributed by atoms with Gasteiger partial charge in [-0.2, -0.15) is 0 Å². The third kappa shape index (κ3) is 3.02. The molecule has 1 atom stereocenters. The van der Waals surface area contributed by atoms with E-state index in [1.165, 1.54) is 19.2 Å². The molecule has 0 fully saturated rings. The largest absolute Gasteiger partial charge is 0.466 e. The van der Waals surface area contributed by atoms with Crippen LogP contribution in [0.1, 0.15) is 18.5 Å². The molecular weight excluding hydrogens is 330 g/mol. The number of hydrogen-bond acceptors (Lipinski definition) is 5. The fraction of sp³-hybridized carbons (Fsp3) is 0.231. The highest BCUT2D eigenvalue weighted by atomic mass is 35.5. The summed E-state index contributed by atoms with van der Waals surface area (Å²) in [5.41, 5.74) is 1.07. The average Bonchev–Trinajstić information content (AvgIpc) is 2.46. The number of rotatable bonds is 3. The zero-order valence-corrected chi connectivity index (χ0v) is 13.2. The number of nitrogens with zero attached hydrogens (tertiary/aromatic N) is 1. The SMILES string of the molecule is COC(=O)C1=C(C)NC(=S)N[C@@H]1c1ccc(Cl)c([N+](=O)[O-])c1. The molecule has 0 amide bonds. The van der Waals surface area contributed by atoms with Gasteiger partial charge in [-0.3, -0.25) is 10.1 Å². The number of esters is 1. The molecule has 1 aromatic rings. The number of nitrogens with one attached hydrogen (secondary N) is 2. The first-order valence-electron chi connectivity index (χ1n) is 6.15. The Labute approximate surface area is 136 Å². The summed E-state index contributed by atoms with van der Waals surface area (Å²) in [5, 5.41) is 17.1. The molecule has 9 heteroatoms. The summed E-state index contributed by atoms with van der Waals surface area (Å²) in [5.74, 6) is -0.553. The average molecular weight is 342 g/mol. The molecule has 2 rings (SSSR count). The quantitative estimate of drug-likeness (QED) is 0.377. The Kier molecular flexibility index (Phi) is 4.62. The van der Waals surface area contributed by atoms with Crippen LogP contribution >= 0.6 is 23.8 Å². The molecule has 2 N–H and O–H groups in total. The van der Waals surface area contributed by atoms with E-state index in [1.54, 1.807) is 13.0 Å². The fourth-order valence-electron chi connectivity index (χ4n) is 2.17. The smallest absolute Gasteiger partial charge is 0.337 e. The van der Waals surface area contributed by atoms with E-state index in [1.807, 2.05) is 0 Å². The fourth-order valence-corrected chi connectivity index (χ4v) is 2.63. The summed E-state index contributed by atoms with van der Waals surface area (Å²) >= 11 is 10.9. The predicted molar refractivity (Wildman–Crippen MR) is 84.4 cm³/mol. The third-order valence-electron chi connectivity index (χ3n) is 3.17. The minimum absolute atomic E-state index is 0.0191. The second kappa shape index (κ2) is 6.29. The van der Waals surface area contributed by atoms with Crippen LogP contribution in [-0.2, 0) is 9.53 Å². The van der Waals surface area contributed by atoms with Crippen LogP contribution in [0.15, 0.2) is 29.5 Å². The molecule has 0 bridgehead atoms. The van der Waals surface area contributed by atoms with Crippen LogP contribution in [0.3, 0.4) is 0 Å². The van der Waals surface area contributed by atoms with Crippen molar-refractivity contribution in [3.63, 3.8) is 0 Å². The molecule has 0 unspecified atom stereocenters. The van der Waals surface area contributed by atoms with Gasteiger partial charge in [-0.05, 0) is 30.8 Å². The van der Waals surface area contributed by atoms with Crippen LogP contribution in [0.2, 0.25) is 5.02 Å². The lowest BCUT2D eigenvalue weighted by Gasteiger charge is -2.29. The van der Waals surface area contributed by atoms with E-state index in [0.717, 1.165) is 0 Å². The molecule has 1 aliphatic rings. The Morgan fingerprint density at radius 1 is 1.50 bits per heavy atom. The number of benzene rings is 1. The first kappa shape index (κ1) is 16.2. The van der Waals surface area contributed by atoms with Crippen LogP contribution in [0.5, 0.6) is 0 Å². The summed E-state index contributed by atoms with van der Waals surface area (Å²) < 4.78 is 4.77. The molecule has 116 valence electrons. The molecule has 0 saturated carbocycles. The molecule has 1 aliphatic heterocycles. The molecular formula is C13H12ClN3O4S. The molecule has 22 heavy (non-hydrogen) atoms. The molecule has 7 nitrogen and oxygen atoms in total. The van der Waals surface area contributed by atoms with Crippen LogP contribution in [0.25, 0.3) is 0 Å². The first-order chi connectivity index (χ1) is 10.3. The number of nitro groups is 1. The zero-order valence-electron chi connectivity index (χ0n) is 11.7. The lowest BCUT2D eigenvalue weighted by atomic mass is 9.95.